The first-order valence-corrected chi connectivity index (χ1v) is 14.3. The Morgan fingerprint density at radius 3 is 2.41 bits per heavy atom. The van der Waals surface area contributed by atoms with E-state index in [0.29, 0.717) is 23.9 Å². The first kappa shape index (κ1) is 25.8. The van der Waals surface area contributed by atoms with Gasteiger partial charge in [-0.25, -0.2) is 13.1 Å². The molecule has 0 saturated heterocycles. The van der Waals surface area contributed by atoms with E-state index >= 15 is 0 Å². The predicted octanol–water partition coefficient (Wildman–Crippen LogP) is 5.11. The lowest BCUT2D eigenvalue weighted by atomic mass is 9.85. The third kappa shape index (κ3) is 5.26. The minimum Gasteiger partial charge on any atom is -0.497 e. The first-order chi connectivity index (χ1) is 17.5. The molecule has 1 saturated carbocycles. The van der Waals surface area contributed by atoms with E-state index in [1.807, 2.05) is 41.1 Å². The monoisotopic (exact) mass is 524 g/mol. The quantitative estimate of drug-likeness (QED) is 0.465. The number of aliphatic hydroxyl groups is 1. The number of benzene rings is 2. The first-order valence-electron chi connectivity index (χ1n) is 12.9. The highest BCUT2D eigenvalue weighted by molar-refractivity contribution is 7.89. The molecule has 0 atom stereocenters. The summed E-state index contributed by atoms with van der Waals surface area (Å²) in [7, 11) is -1.95. The van der Waals surface area contributed by atoms with Crippen LogP contribution in [0.4, 0.5) is 11.5 Å². The van der Waals surface area contributed by atoms with Crippen LogP contribution in [0.3, 0.4) is 0 Å². The third-order valence-corrected chi connectivity index (χ3v) is 9.19. The van der Waals surface area contributed by atoms with Gasteiger partial charge in [0.2, 0.25) is 10.0 Å². The molecular formula is C28H36N4O4S. The molecule has 1 aliphatic heterocycles. The van der Waals surface area contributed by atoms with E-state index in [9.17, 15) is 13.5 Å². The molecule has 0 bridgehead atoms. The van der Waals surface area contributed by atoms with Crippen LogP contribution in [0.1, 0.15) is 69.2 Å². The van der Waals surface area contributed by atoms with Crippen LogP contribution in [0.25, 0.3) is 0 Å². The number of methoxy groups -OCH3 is 1. The standard InChI is InChI=1S/C28H36N4O4S/c1-28(2,3)32-27(16-25(30-32)20-7-10-23(33)11-8-20)29-22-9-14-26-21(15-22)18-31(37(26,34)35)17-19-5-12-24(36-4)13-6-19/h5-6,9,12-16,20,23,29,33H,7-8,10-11,17-18H2,1-4H3. The molecule has 1 aromatic heterocycles. The summed E-state index contributed by atoms with van der Waals surface area (Å²) in [4.78, 5) is 0.359. The van der Waals surface area contributed by atoms with E-state index in [4.69, 9.17) is 9.84 Å². The topological polar surface area (TPSA) is 96.7 Å². The average molecular weight is 525 g/mol. The molecule has 198 valence electrons. The van der Waals surface area contributed by atoms with Crippen LogP contribution in [-0.2, 0) is 28.7 Å². The van der Waals surface area contributed by atoms with Crippen molar-refractivity contribution in [2.24, 2.45) is 0 Å². The zero-order valence-corrected chi connectivity index (χ0v) is 22.8. The lowest BCUT2D eigenvalue weighted by Crippen LogP contribution is -2.25. The minimum absolute atomic E-state index is 0.203. The number of ether oxygens (including phenoxy) is 1. The van der Waals surface area contributed by atoms with E-state index in [1.54, 1.807) is 13.2 Å². The van der Waals surface area contributed by atoms with Crippen LogP contribution in [-0.4, -0.2) is 40.8 Å². The fourth-order valence-corrected chi connectivity index (χ4v) is 6.84. The molecule has 0 unspecified atom stereocenters. The number of nitrogens with one attached hydrogen (secondary N) is 1. The number of aliphatic hydroxyl groups excluding tert-OH is 1. The van der Waals surface area contributed by atoms with Crippen LogP contribution in [0.5, 0.6) is 5.75 Å². The zero-order chi connectivity index (χ0) is 26.4. The number of anilines is 2. The summed E-state index contributed by atoms with van der Waals surface area (Å²) in [6.45, 7) is 6.98. The van der Waals surface area contributed by atoms with Gasteiger partial charge in [-0.15, -0.1) is 0 Å². The molecule has 9 heteroatoms. The Hall–Kier alpha value is -2.88. The van der Waals surface area contributed by atoms with Crippen molar-refractivity contribution in [3.05, 3.63) is 65.4 Å². The van der Waals surface area contributed by atoms with Crippen molar-refractivity contribution in [3.8, 4) is 5.75 Å². The SMILES string of the molecule is COc1ccc(CN2Cc3cc(Nc4cc(C5CCC(O)CC5)nn4C(C)(C)C)ccc3S2(=O)=O)cc1. The van der Waals surface area contributed by atoms with Crippen LogP contribution in [0, 0.1) is 0 Å². The van der Waals surface area contributed by atoms with E-state index < -0.39 is 10.0 Å². The number of rotatable bonds is 6. The highest BCUT2D eigenvalue weighted by Gasteiger charge is 2.35. The van der Waals surface area contributed by atoms with E-state index in [1.165, 1.54) is 4.31 Å². The minimum atomic E-state index is -3.56. The lowest BCUT2D eigenvalue weighted by molar-refractivity contribution is 0.121. The van der Waals surface area contributed by atoms with Crippen molar-refractivity contribution in [1.82, 2.24) is 14.1 Å². The van der Waals surface area contributed by atoms with Gasteiger partial charge in [0.25, 0.3) is 0 Å². The summed E-state index contributed by atoms with van der Waals surface area (Å²) >= 11 is 0. The second-order valence-electron chi connectivity index (χ2n) is 11.1. The molecule has 2 aliphatic rings. The van der Waals surface area contributed by atoms with Crippen LogP contribution in [0.2, 0.25) is 0 Å². The fourth-order valence-electron chi connectivity index (χ4n) is 5.24. The molecule has 0 spiro atoms. The molecule has 1 aliphatic carbocycles. The fraction of sp³-hybridized carbons (Fsp3) is 0.464. The number of hydrogen-bond acceptors (Lipinski definition) is 6. The van der Waals surface area contributed by atoms with Gasteiger partial charge in [-0.3, -0.25) is 0 Å². The van der Waals surface area contributed by atoms with Crippen molar-refractivity contribution in [2.45, 2.75) is 82.0 Å². The number of nitrogens with zero attached hydrogens (tertiary/aromatic N) is 3. The Labute approximate surface area is 219 Å². The van der Waals surface area contributed by atoms with Gasteiger partial charge in [0.15, 0.2) is 0 Å². The number of fused-ring (bicyclic) bond motifs is 1. The zero-order valence-electron chi connectivity index (χ0n) is 21.9. The van der Waals surface area contributed by atoms with Gasteiger partial charge in [0.05, 0.1) is 29.3 Å². The number of hydrogen-bond donors (Lipinski definition) is 2. The van der Waals surface area contributed by atoms with Crippen molar-refractivity contribution in [2.75, 3.05) is 12.4 Å². The highest BCUT2D eigenvalue weighted by Crippen LogP contribution is 2.37. The van der Waals surface area contributed by atoms with E-state index in [2.05, 4.69) is 32.2 Å². The Morgan fingerprint density at radius 2 is 1.76 bits per heavy atom. The summed E-state index contributed by atoms with van der Waals surface area (Å²) in [5, 5.41) is 18.4. The second-order valence-corrected chi connectivity index (χ2v) is 13.0. The van der Waals surface area contributed by atoms with Crippen molar-refractivity contribution in [1.29, 1.82) is 0 Å². The van der Waals surface area contributed by atoms with Crippen LogP contribution >= 0.6 is 0 Å². The summed E-state index contributed by atoms with van der Waals surface area (Å²) in [6, 6.07) is 15.0. The predicted molar refractivity (Wildman–Crippen MR) is 144 cm³/mol. The van der Waals surface area contributed by atoms with Crippen molar-refractivity contribution < 1.29 is 18.3 Å². The van der Waals surface area contributed by atoms with Gasteiger partial charge < -0.3 is 15.2 Å². The van der Waals surface area contributed by atoms with Gasteiger partial charge in [-0.05, 0) is 87.9 Å². The maximum atomic E-state index is 13.2. The molecule has 1 fully saturated rings. The van der Waals surface area contributed by atoms with Crippen LogP contribution in [0.15, 0.2) is 53.4 Å². The summed E-state index contributed by atoms with van der Waals surface area (Å²) in [5.41, 5.74) is 3.33. The Bertz CT molecular complexity index is 1370. The molecule has 8 nitrogen and oxygen atoms in total. The molecule has 2 heterocycles. The average Bonchev–Trinajstić information content (AvgIpc) is 3.38. The Morgan fingerprint density at radius 1 is 1.05 bits per heavy atom. The number of aromatic nitrogens is 2. The normalized spacial score (nSPS) is 21.5. The molecule has 0 radical (unpaired) electrons. The molecule has 5 rings (SSSR count). The Kier molecular flexibility index (Phi) is 6.81. The summed E-state index contributed by atoms with van der Waals surface area (Å²) in [6.07, 6.45) is 3.28. The molecule has 0 amide bonds. The molecule has 37 heavy (non-hydrogen) atoms. The van der Waals surface area contributed by atoms with Gasteiger partial charge >= 0.3 is 0 Å². The van der Waals surface area contributed by atoms with Crippen molar-refractivity contribution in [3.63, 3.8) is 0 Å². The molecule has 2 N–H and O–H groups in total. The van der Waals surface area contributed by atoms with Gasteiger partial charge in [-0.1, -0.05) is 12.1 Å². The van der Waals surface area contributed by atoms with Crippen LogP contribution < -0.4 is 10.1 Å². The highest BCUT2D eigenvalue weighted by atomic mass is 32.2. The second kappa shape index (κ2) is 9.78. The molecular weight excluding hydrogens is 488 g/mol. The lowest BCUT2D eigenvalue weighted by Gasteiger charge is -2.25. The summed E-state index contributed by atoms with van der Waals surface area (Å²) in [5.74, 6) is 1.96. The van der Waals surface area contributed by atoms with Gasteiger partial charge in [-0.2, -0.15) is 9.40 Å². The Balaban J connectivity index is 1.37. The van der Waals surface area contributed by atoms with E-state index in [0.717, 1.165) is 59.8 Å². The largest absolute Gasteiger partial charge is 0.497 e. The van der Waals surface area contributed by atoms with Gasteiger partial charge in [0.1, 0.15) is 11.6 Å². The van der Waals surface area contributed by atoms with E-state index in [-0.39, 0.29) is 11.6 Å². The third-order valence-electron chi connectivity index (χ3n) is 7.29. The maximum absolute atomic E-state index is 13.2. The maximum Gasteiger partial charge on any atom is 0.244 e. The van der Waals surface area contributed by atoms with Gasteiger partial charge in [0, 0.05) is 30.8 Å². The van der Waals surface area contributed by atoms with Crippen molar-refractivity contribution >= 4 is 21.5 Å². The molecule has 3 aromatic rings. The summed E-state index contributed by atoms with van der Waals surface area (Å²) < 4.78 is 35.2. The number of sulfonamides is 1. The smallest absolute Gasteiger partial charge is 0.244 e. The molecule has 2 aromatic carbocycles.